The first-order valence-electron chi connectivity index (χ1n) is 12.3. The zero-order valence-corrected chi connectivity index (χ0v) is 21.3. The third-order valence-corrected chi connectivity index (χ3v) is 6.88. The van der Waals surface area contributed by atoms with Crippen LogP contribution in [-0.4, -0.2) is 49.1 Å². The van der Waals surface area contributed by atoms with Gasteiger partial charge in [-0.05, 0) is 49.8 Å². The number of piperidine rings is 1. The van der Waals surface area contributed by atoms with E-state index in [2.05, 4.69) is 43.4 Å². The van der Waals surface area contributed by atoms with E-state index >= 15 is 0 Å². The minimum absolute atomic E-state index is 0.0134. The van der Waals surface area contributed by atoms with Crippen molar-refractivity contribution in [1.29, 1.82) is 0 Å². The van der Waals surface area contributed by atoms with Crippen molar-refractivity contribution < 1.29 is 28.7 Å². The van der Waals surface area contributed by atoms with Crippen LogP contribution in [0.5, 0.6) is 0 Å². The first-order valence-corrected chi connectivity index (χ1v) is 12.3. The van der Waals surface area contributed by atoms with E-state index in [-0.39, 0.29) is 11.9 Å². The highest BCUT2D eigenvalue weighted by atomic mass is 16.5. The lowest BCUT2D eigenvalue weighted by molar-refractivity contribution is -0.959. The second-order valence-corrected chi connectivity index (χ2v) is 9.06. The molecule has 1 aliphatic heterocycles. The number of methoxy groups -OCH3 is 1. The summed E-state index contributed by atoms with van der Waals surface area (Å²) in [6.45, 7) is 8.54. The molecule has 1 saturated heterocycles. The molecule has 1 heterocycles. The summed E-state index contributed by atoms with van der Waals surface area (Å²) in [4.78, 5) is 34.2. The van der Waals surface area contributed by atoms with Crippen molar-refractivity contribution in [2.24, 2.45) is 0 Å². The molecule has 1 fully saturated rings. The number of nitrogens with one attached hydrogen (secondary N) is 1. The number of likely N-dealkylation sites (tertiary alicyclic amines) is 1. The molecule has 0 aliphatic carbocycles. The molecule has 7 heteroatoms. The number of esters is 1. The monoisotopic (exact) mass is 482 g/mol. The van der Waals surface area contributed by atoms with Crippen LogP contribution >= 0.6 is 0 Å². The fourth-order valence-electron chi connectivity index (χ4n) is 5.18. The molecule has 0 saturated carbocycles. The number of benzene rings is 2. The fraction of sp³-hybridized carbons (Fsp3) is 0.464. The van der Waals surface area contributed by atoms with E-state index < -0.39 is 12.4 Å². The molecule has 7 nitrogen and oxygen atoms in total. The van der Waals surface area contributed by atoms with Crippen molar-refractivity contribution in [3.8, 4) is 0 Å². The predicted molar refractivity (Wildman–Crippen MR) is 135 cm³/mol. The molecule has 1 N–H and O–H groups in total. The van der Waals surface area contributed by atoms with Crippen LogP contribution < -0.4 is 10.4 Å². The Labute approximate surface area is 208 Å². The Morgan fingerprint density at radius 2 is 1.71 bits per heavy atom. The van der Waals surface area contributed by atoms with E-state index in [4.69, 9.17) is 14.6 Å². The Morgan fingerprint density at radius 1 is 1.09 bits per heavy atom. The molecular formula is C28H38N2O5. The van der Waals surface area contributed by atoms with Crippen LogP contribution in [0.2, 0.25) is 0 Å². The van der Waals surface area contributed by atoms with Gasteiger partial charge in [0.1, 0.15) is 6.54 Å². The zero-order valence-electron chi connectivity index (χ0n) is 21.3. The summed E-state index contributed by atoms with van der Waals surface area (Å²) in [6, 6.07) is 14.0. The van der Waals surface area contributed by atoms with E-state index in [9.17, 15) is 9.59 Å². The number of carbonyl (C=O) groups excluding carboxylic acids is 3. The topological polar surface area (TPSA) is 95.5 Å². The Morgan fingerprint density at radius 3 is 2.31 bits per heavy atom. The van der Waals surface area contributed by atoms with Crippen molar-refractivity contribution >= 4 is 24.0 Å². The number of nitrogens with zero attached hydrogens (tertiary/aromatic N) is 1. The third kappa shape index (κ3) is 7.15. The second kappa shape index (κ2) is 13.6. The molecule has 1 aliphatic rings. The summed E-state index contributed by atoms with van der Waals surface area (Å²) in [5.41, 5.74) is 4.45. The number of aryl methyl sites for hydroxylation is 2. The number of rotatable bonds is 8. The predicted octanol–water partition coefficient (Wildman–Crippen LogP) is 3.63. The van der Waals surface area contributed by atoms with Gasteiger partial charge < -0.3 is 24.4 Å². The van der Waals surface area contributed by atoms with Crippen molar-refractivity contribution in [2.45, 2.75) is 65.5 Å². The van der Waals surface area contributed by atoms with E-state index in [0.717, 1.165) is 55.4 Å². The number of anilines is 1. The lowest BCUT2D eigenvalue weighted by Gasteiger charge is -2.46. The summed E-state index contributed by atoms with van der Waals surface area (Å²) < 4.78 is 5.72. The van der Waals surface area contributed by atoms with Gasteiger partial charge in [-0.25, -0.2) is 4.79 Å². The molecule has 1 unspecified atom stereocenters. The van der Waals surface area contributed by atoms with Gasteiger partial charge in [-0.1, -0.05) is 50.2 Å². The highest BCUT2D eigenvalue weighted by Crippen LogP contribution is 2.30. The maximum Gasteiger partial charge on any atom is 0.339 e. The number of hydrogen-bond acceptors (Lipinski definition) is 5. The molecule has 2 aromatic carbocycles. The number of carboxylic acid groups (broad SMARTS) is 1. The first kappa shape index (κ1) is 28.1. The quantitative estimate of drug-likeness (QED) is 0.352. The largest absolute Gasteiger partial charge is 0.554 e. The Balaban J connectivity index is 0.00000137. The van der Waals surface area contributed by atoms with E-state index in [1.165, 1.54) is 24.7 Å². The number of ether oxygens (including phenoxy) is 1. The molecule has 190 valence electrons. The summed E-state index contributed by atoms with van der Waals surface area (Å²) in [5, 5.41) is 11.4. The van der Waals surface area contributed by atoms with Gasteiger partial charge in [-0.15, -0.1) is 0 Å². The fourth-order valence-corrected chi connectivity index (χ4v) is 5.18. The number of para-hydroxylation sites is 1. The molecular weight excluding hydrogens is 444 g/mol. The number of carbonyl (C=O) groups is 3. The summed E-state index contributed by atoms with van der Waals surface area (Å²) in [5.74, 6) is -0.448. The molecule has 0 radical (unpaired) electrons. The maximum atomic E-state index is 13.7. The second-order valence-electron chi connectivity index (χ2n) is 9.06. The molecule has 0 aromatic heterocycles. The van der Waals surface area contributed by atoms with E-state index in [1.807, 2.05) is 19.1 Å². The van der Waals surface area contributed by atoms with Gasteiger partial charge in [0, 0.05) is 18.5 Å². The minimum Gasteiger partial charge on any atom is -0.554 e. The maximum absolute atomic E-state index is 13.7. The van der Waals surface area contributed by atoms with E-state index in [0.29, 0.717) is 11.3 Å². The lowest BCUT2D eigenvalue weighted by atomic mass is 9.97. The summed E-state index contributed by atoms with van der Waals surface area (Å²) >= 11 is 0. The molecule has 35 heavy (non-hydrogen) atoms. The summed E-state index contributed by atoms with van der Waals surface area (Å²) in [6.07, 6.45) is 5.25. The zero-order chi connectivity index (χ0) is 25.8. The van der Waals surface area contributed by atoms with Crippen molar-refractivity contribution in [1.82, 2.24) is 0 Å². The Hall–Kier alpha value is -3.19. The number of quaternary nitrogens is 1. The first-order chi connectivity index (χ1) is 16.8. The van der Waals surface area contributed by atoms with Crippen LogP contribution in [-0.2, 0) is 27.3 Å². The van der Waals surface area contributed by atoms with Gasteiger partial charge in [-0.2, -0.15) is 0 Å². The lowest BCUT2D eigenvalue weighted by Crippen LogP contribution is -2.61. The van der Waals surface area contributed by atoms with Crippen LogP contribution in [0, 0.1) is 6.92 Å². The van der Waals surface area contributed by atoms with Gasteiger partial charge in [0.15, 0.2) is 6.04 Å². The molecule has 3 rings (SSSR count). The SMILES string of the molecule is CCc1cccc(C[N+]2(C(CC)C(=O)Nc3c(C)cccc3C(=O)OC)CCCCC2)c1.O=C[O-]. The molecule has 2 aromatic rings. The normalized spacial score (nSPS) is 15.2. The standard InChI is InChI=1S/C27H36N2O3.CH2O2/c1-5-21-13-11-14-22(18-21)19-29(16-8-7-9-17-29)24(6-2)26(30)28-25-20(3)12-10-15-23(25)27(31)32-4;2-1-3/h10-15,18,24H,5-9,16-17,19H2,1-4H3;1H,(H,2,3). The van der Waals surface area contributed by atoms with Crippen LogP contribution in [0.15, 0.2) is 42.5 Å². The van der Waals surface area contributed by atoms with Gasteiger partial charge >= 0.3 is 5.97 Å². The van der Waals surface area contributed by atoms with Crippen molar-refractivity contribution in [3.63, 3.8) is 0 Å². The van der Waals surface area contributed by atoms with Gasteiger partial charge in [0.05, 0.1) is 31.5 Å². The summed E-state index contributed by atoms with van der Waals surface area (Å²) in [7, 11) is 1.36. The third-order valence-electron chi connectivity index (χ3n) is 6.88. The van der Waals surface area contributed by atoms with Gasteiger partial charge in [0.25, 0.3) is 5.91 Å². The van der Waals surface area contributed by atoms with E-state index in [1.54, 1.807) is 6.07 Å². The van der Waals surface area contributed by atoms with Crippen molar-refractivity contribution in [2.75, 3.05) is 25.5 Å². The van der Waals surface area contributed by atoms with Crippen LogP contribution in [0.3, 0.4) is 0 Å². The van der Waals surface area contributed by atoms with Crippen LogP contribution in [0.1, 0.15) is 66.6 Å². The number of hydrogen-bond donors (Lipinski definition) is 1. The number of amides is 1. The highest BCUT2D eigenvalue weighted by Gasteiger charge is 2.42. The highest BCUT2D eigenvalue weighted by molar-refractivity contribution is 6.03. The molecule has 1 atom stereocenters. The van der Waals surface area contributed by atoms with Gasteiger partial charge in [0.2, 0.25) is 0 Å². The Kier molecular flexibility index (Phi) is 10.9. The molecule has 0 bridgehead atoms. The molecule has 1 amide bonds. The molecule has 0 spiro atoms. The van der Waals surface area contributed by atoms with Crippen molar-refractivity contribution in [3.05, 3.63) is 64.7 Å². The van der Waals surface area contributed by atoms with Crippen LogP contribution in [0.4, 0.5) is 5.69 Å². The average Bonchev–Trinajstić information content (AvgIpc) is 2.86. The van der Waals surface area contributed by atoms with Gasteiger partial charge in [-0.3, -0.25) is 4.79 Å². The smallest absolute Gasteiger partial charge is 0.339 e. The minimum atomic E-state index is -0.500. The Bertz CT molecular complexity index is 999. The average molecular weight is 483 g/mol. The van der Waals surface area contributed by atoms with Crippen LogP contribution in [0.25, 0.3) is 0 Å².